The zero-order chi connectivity index (χ0) is 15.4. The van der Waals surface area contributed by atoms with E-state index in [1.54, 1.807) is 0 Å². The van der Waals surface area contributed by atoms with Crippen molar-refractivity contribution in [3.8, 4) is 11.5 Å². The standard InChI is InChI=1S/C16H21FO4/c1-10-4-6-11(7-5-10)21-15-8-12(16(18)20-3)14(19-2)9-13(15)17/h8-11H,4-7H2,1-3H3. The van der Waals surface area contributed by atoms with E-state index < -0.39 is 11.8 Å². The van der Waals surface area contributed by atoms with E-state index >= 15 is 0 Å². The molecular formula is C16H21FO4. The van der Waals surface area contributed by atoms with Crippen LogP contribution in [0.2, 0.25) is 0 Å². The Balaban J connectivity index is 2.21. The normalized spacial score (nSPS) is 21.7. The van der Waals surface area contributed by atoms with Crippen LogP contribution in [0.1, 0.15) is 43.0 Å². The van der Waals surface area contributed by atoms with Crippen LogP contribution in [0.5, 0.6) is 11.5 Å². The molecule has 116 valence electrons. The summed E-state index contributed by atoms with van der Waals surface area (Å²) in [5, 5.41) is 0. The van der Waals surface area contributed by atoms with Crippen molar-refractivity contribution < 1.29 is 23.4 Å². The molecule has 0 spiro atoms. The summed E-state index contributed by atoms with van der Waals surface area (Å²) in [6.07, 6.45) is 3.95. The number of hydrogen-bond donors (Lipinski definition) is 0. The molecule has 0 N–H and O–H groups in total. The van der Waals surface area contributed by atoms with Crippen molar-refractivity contribution in [3.05, 3.63) is 23.5 Å². The van der Waals surface area contributed by atoms with Crippen molar-refractivity contribution in [2.24, 2.45) is 5.92 Å². The van der Waals surface area contributed by atoms with Gasteiger partial charge in [0.1, 0.15) is 11.3 Å². The van der Waals surface area contributed by atoms with Crippen LogP contribution in [-0.4, -0.2) is 26.3 Å². The number of esters is 1. The number of carbonyl (C=O) groups excluding carboxylic acids is 1. The van der Waals surface area contributed by atoms with Crippen LogP contribution in [0.4, 0.5) is 4.39 Å². The van der Waals surface area contributed by atoms with Crippen LogP contribution in [0, 0.1) is 11.7 Å². The molecule has 1 fully saturated rings. The van der Waals surface area contributed by atoms with Gasteiger partial charge in [0.25, 0.3) is 0 Å². The van der Waals surface area contributed by atoms with E-state index in [4.69, 9.17) is 9.47 Å². The average Bonchev–Trinajstić information content (AvgIpc) is 2.50. The fourth-order valence-corrected chi connectivity index (χ4v) is 2.59. The lowest BCUT2D eigenvalue weighted by molar-refractivity contribution is 0.0595. The van der Waals surface area contributed by atoms with Crippen molar-refractivity contribution in [3.63, 3.8) is 0 Å². The molecule has 0 aromatic heterocycles. The highest BCUT2D eigenvalue weighted by molar-refractivity contribution is 5.93. The number of halogens is 1. The SMILES string of the molecule is COC(=O)c1cc(OC2CCC(C)CC2)c(F)cc1OC. The van der Waals surface area contributed by atoms with Gasteiger partial charge < -0.3 is 14.2 Å². The van der Waals surface area contributed by atoms with E-state index in [9.17, 15) is 9.18 Å². The molecule has 1 aliphatic rings. The Kier molecular flexibility index (Phi) is 5.04. The van der Waals surface area contributed by atoms with Crippen LogP contribution in [0.15, 0.2) is 12.1 Å². The molecule has 0 unspecified atom stereocenters. The number of ether oxygens (including phenoxy) is 3. The highest BCUT2D eigenvalue weighted by Crippen LogP contribution is 2.32. The van der Waals surface area contributed by atoms with Crippen LogP contribution in [0.3, 0.4) is 0 Å². The predicted octanol–water partition coefficient (Wildman–Crippen LogP) is 3.58. The topological polar surface area (TPSA) is 44.8 Å². The maximum Gasteiger partial charge on any atom is 0.341 e. The van der Waals surface area contributed by atoms with Gasteiger partial charge >= 0.3 is 5.97 Å². The van der Waals surface area contributed by atoms with Gasteiger partial charge in [0.15, 0.2) is 11.6 Å². The quantitative estimate of drug-likeness (QED) is 0.797. The fraction of sp³-hybridized carbons (Fsp3) is 0.562. The van der Waals surface area contributed by atoms with Gasteiger partial charge in [-0.25, -0.2) is 9.18 Å². The monoisotopic (exact) mass is 296 g/mol. The average molecular weight is 296 g/mol. The highest BCUT2D eigenvalue weighted by Gasteiger charge is 2.23. The minimum Gasteiger partial charge on any atom is -0.496 e. The summed E-state index contributed by atoms with van der Waals surface area (Å²) in [7, 11) is 2.65. The van der Waals surface area contributed by atoms with E-state index in [1.807, 2.05) is 0 Å². The minimum absolute atomic E-state index is 0.00501. The molecule has 0 heterocycles. The lowest BCUT2D eigenvalue weighted by atomic mass is 9.89. The first kappa shape index (κ1) is 15.6. The molecule has 0 aliphatic heterocycles. The van der Waals surface area contributed by atoms with E-state index in [2.05, 4.69) is 11.7 Å². The molecule has 1 aromatic rings. The summed E-state index contributed by atoms with van der Waals surface area (Å²) < 4.78 is 29.5. The van der Waals surface area contributed by atoms with E-state index in [0.29, 0.717) is 5.92 Å². The second kappa shape index (κ2) is 6.78. The first-order chi connectivity index (χ1) is 10.0. The third-order valence-corrected chi connectivity index (χ3v) is 3.92. The Morgan fingerprint density at radius 2 is 1.81 bits per heavy atom. The Bertz CT molecular complexity index is 507. The molecule has 1 aliphatic carbocycles. The second-order valence-corrected chi connectivity index (χ2v) is 5.47. The highest BCUT2D eigenvalue weighted by atomic mass is 19.1. The Labute approximate surface area is 124 Å². The molecular weight excluding hydrogens is 275 g/mol. The molecule has 0 atom stereocenters. The molecule has 1 aromatic carbocycles. The first-order valence-electron chi connectivity index (χ1n) is 7.17. The molecule has 21 heavy (non-hydrogen) atoms. The molecule has 0 amide bonds. The maximum atomic E-state index is 14.1. The van der Waals surface area contributed by atoms with Gasteiger partial charge in [0, 0.05) is 12.1 Å². The Hall–Kier alpha value is -1.78. The molecule has 0 radical (unpaired) electrons. The van der Waals surface area contributed by atoms with Crippen molar-refractivity contribution >= 4 is 5.97 Å². The second-order valence-electron chi connectivity index (χ2n) is 5.47. The van der Waals surface area contributed by atoms with Crippen LogP contribution in [0.25, 0.3) is 0 Å². The molecule has 0 bridgehead atoms. The smallest absolute Gasteiger partial charge is 0.341 e. The summed E-state index contributed by atoms with van der Waals surface area (Å²) in [4.78, 5) is 11.7. The minimum atomic E-state index is -0.575. The number of rotatable bonds is 4. The number of benzene rings is 1. The van der Waals surface area contributed by atoms with Crippen molar-refractivity contribution in [1.82, 2.24) is 0 Å². The van der Waals surface area contributed by atoms with Crippen molar-refractivity contribution in [1.29, 1.82) is 0 Å². The van der Waals surface area contributed by atoms with E-state index in [0.717, 1.165) is 31.7 Å². The largest absolute Gasteiger partial charge is 0.496 e. The predicted molar refractivity (Wildman–Crippen MR) is 76.3 cm³/mol. The zero-order valence-electron chi connectivity index (χ0n) is 12.6. The van der Waals surface area contributed by atoms with Gasteiger partial charge in [-0.05, 0) is 31.6 Å². The molecule has 0 saturated heterocycles. The fourth-order valence-electron chi connectivity index (χ4n) is 2.59. The van der Waals surface area contributed by atoms with Gasteiger partial charge in [0.2, 0.25) is 0 Å². The van der Waals surface area contributed by atoms with Crippen LogP contribution >= 0.6 is 0 Å². The van der Waals surface area contributed by atoms with E-state index in [-0.39, 0.29) is 23.2 Å². The van der Waals surface area contributed by atoms with Crippen LogP contribution in [-0.2, 0) is 4.74 Å². The number of hydrogen-bond acceptors (Lipinski definition) is 4. The lowest BCUT2D eigenvalue weighted by Gasteiger charge is -2.27. The van der Waals surface area contributed by atoms with Gasteiger partial charge in [-0.1, -0.05) is 6.92 Å². The van der Waals surface area contributed by atoms with Gasteiger partial charge in [-0.2, -0.15) is 0 Å². The van der Waals surface area contributed by atoms with E-state index in [1.165, 1.54) is 20.3 Å². The Morgan fingerprint density at radius 3 is 2.38 bits per heavy atom. The molecule has 4 nitrogen and oxygen atoms in total. The zero-order valence-corrected chi connectivity index (χ0v) is 12.6. The molecule has 2 rings (SSSR count). The van der Waals surface area contributed by atoms with Gasteiger partial charge in [-0.15, -0.1) is 0 Å². The Morgan fingerprint density at radius 1 is 1.14 bits per heavy atom. The van der Waals surface area contributed by atoms with Gasteiger partial charge in [0.05, 0.1) is 20.3 Å². The van der Waals surface area contributed by atoms with Crippen LogP contribution < -0.4 is 9.47 Å². The molecule has 5 heteroatoms. The van der Waals surface area contributed by atoms with Crippen molar-refractivity contribution in [2.75, 3.05) is 14.2 Å². The summed E-state index contributed by atoms with van der Waals surface area (Å²) in [5.74, 6) is -0.192. The van der Waals surface area contributed by atoms with Crippen molar-refractivity contribution in [2.45, 2.75) is 38.7 Å². The third kappa shape index (κ3) is 3.65. The third-order valence-electron chi connectivity index (χ3n) is 3.92. The lowest BCUT2D eigenvalue weighted by Crippen LogP contribution is -2.23. The first-order valence-corrected chi connectivity index (χ1v) is 7.17. The summed E-state index contributed by atoms with van der Waals surface area (Å²) in [6.45, 7) is 2.21. The maximum absolute atomic E-state index is 14.1. The number of carbonyl (C=O) groups is 1. The number of methoxy groups -OCH3 is 2. The van der Waals surface area contributed by atoms with Gasteiger partial charge in [-0.3, -0.25) is 0 Å². The summed E-state index contributed by atoms with van der Waals surface area (Å²) in [5.41, 5.74) is 0.167. The summed E-state index contributed by atoms with van der Waals surface area (Å²) in [6, 6.07) is 2.52. The summed E-state index contributed by atoms with van der Waals surface area (Å²) >= 11 is 0. The molecule has 1 saturated carbocycles.